The third kappa shape index (κ3) is 4.88. The van der Waals surface area contributed by atoms with Crippen molar-refractivity contribution in [3.8, 4) is 5.75 Å². The van der Waals surface area contributed by atoms with Crippen LogP contribution in [0.15, 0.2) is 42.5 Å². The van der Waals surface area contributed by atoms with Crippen LogP contribution in [0.3, 0.4) is 0 Å². The molecule has 0 radical (unpaired) electrons. The van der Waals surface area contributed by atoms with Gasteiger partial charge >= 0.3 is 0 Å². The number of nitrogens with one attached hydrogen (secondary N) is 2. The smallest absolute Gasteiger partial charge is 0.253 e. The maximum Gasteiger partial charge on any atom is 0.253 e. The van der Waals surface area contributed by atoms with Crippen molar-refractivity contribution in [2.24, 2.45) is 0 Å². The standard InChI is InChI=1S/C20H21Cl2N3O3/c1-28-18-7-6-13(21)10-17(18)25-9-8-14(12-25)24-19(26)11-23-20(27)15-4-2-3-5-16(15)22/h2-7,10,14H,8-9,11-12H2,1H3,(H,23,27)(H,24,26). The van der Waals surface area contributed by atoms with Gasteiger partial charge in [0.25, 0.3) is 5.91 Å². The van der Waals surface area contributed by atoms with Gasteiger partial charge in [0, 0.05) is 24.2 Å². The molecule has 1 saturated heterocycles. The van der Waals surface area contributed by atoms with E-state index < -0.39 is 0 Å². The maximum atomic E-state index is 12.2. The molecule has 0 aromatic heterocycles. The monoisotopic (exact) mass is 421 g/mol. The zero-order valence-corrected chi connectivity index (χ0v) is 16.9. The molecule has 1 aliphatic heterocycles. The van der Waals surface area contributed by atoms with Crippen LogP contribution < -0.4 is 20.3 Å². The van der Waals surface area contributed by atoms with E-state index in [4.69, 9.17) is 27.9 Å². The summed E-state index contributed by atoms with van der Waals surface area (Å²) >= 11 is 12.1. The molecule has 3 rings (SSSR count). The van der Waals surface area contributed by atoms with Crippen LogP contribution in [0.1, 0.15) is 16.8 Å². The van der Waals surface area contributed by atoms with Crippen LogP contribution in [0.4, 0.5) is 5.69 Å². The molecule has 1 atom stereocenters. The Kier molecular flexibility index (Phi) is 6.65. The topological polar surface area (TPSA) is 70.7 Å². The molecule has 148 valence electrons. The minimum absolute atomic E-state index is 0.0200. The summed E-state index contributed by atoms with van der Waals surface area (Å²) < 4.78 is 5.40. The predicted octanol–water partition coefficient (Wildman–Crippen LogP) is 3.13. The predicted molar refractivity (Wildman–Crippen MR) is 111 cm³/mol. The Labute approximate surface area is 173 Å². The van der Waals surface area contributed by atoms with E-state index in [9.17, 15) is 9.59 Å². The molecule has 8 heteroatoms. The molecule has 1 fully saturated rings. The highest BCUT2D eigenvalue weighted by Crippen LogP contribution is 2.33. The average Bonchev–Trinajstić information content (AvgIpc) is 3.14. The first-order chi connectivity index (χ1) is 13.5. The first-order valence-electron chi connectivity index (χ1n) is 8.88. The number of anilines is 1. The van der Waals surface area contributed by atoms with Crippen LogP contribution in [-0.4, -0.2) is 44.6 Å². The molecule has 1 unspecified atom stereocenters. The summed E-state index contributed by atoms with van der Waals surface area (Å²) in [6, 6.07) is 12.2. The molecule has 0 saturated carbocycles. The van der Waals surface area contributed by atoms with Crippen molar-refractivity contribution >= 4 is 40.7 Å². The molecule has 0 bridgehead atoms. The van der Waals surface area contributed by atoms with Gasteiger partial charge < -0.3 is 20.3 Å². The van der Waals surface area contributed by atoms with Gasteiger partial charge in [-0.3, -0.25) is 9.59 Å². The van der Waals surface area contributed by atoms with Crippen molar-refractivity contribution in [2.45, 2.75) is 12.5 Å². The maximum absolute atomic E-state index is 12.2. The van der Waals surface area contributed by atoms with Crippen LogP contribution in [0, 0.1) is 0 Å². The largest absolute Gasteiger partial charge is 0.495 e. The first-order valence-corrected chi connectivity index (χ1v) is 9.64. The number of carbonyl (C=O) groups is 2. The summed E-state index contributed by atoms with van der Waals surface area (Å²) in [4.78, 5) is 26.5. The number of benzene rings is 2. The lowest BCUT2D eigenvalue weighted by atomic mass is 10.2. The number of hydrogen-bond acceptors (Lipinski definition) is 4. The van der Waals surface area contributed by atoms with E-state index in [0.717, 1.165) is 24.4 Å². The molecule has 28 heavy (non-hydrogen) atoms. The number of nitrogens with zero attached hydrogens (tertiary/aromatic N) is 1. The Morgan fingerprint density at radius 1 is 1.21 bits per heavy atom. The van der Waals surface area contributed by atoms with E-state index in [1.165, 1.54) is 0 Å². The SMILES string of the molecule is COc1ccc(Cl)cc1N1CCC(NC(=O)CNC(=O)c2ccccc2Cl)C1. The van der Waals surface area contributed by atoms with Gasteiger partial charge in [0.15, 0.2) is 0 Å². The van der Waals surface area contributed by atoms with E-state index in [0.29, 0.717) is 22.2 Å². The minimum atomic E-state index is -0.377. The number of amides is 2. The summed E-state index contributed by atoms with van der Waals surface area (Å²) in [5.41, 5.74) is 1.25. The van der Waals surface area contributed by atoms with Crippen LogP contribution in [-0.2, 0) is 4.79 Å². The van der Waals surface area contributed by atoms with Crippen molar-refractivity contribution in [1.82, 2.24) is 10.6 Å². The second-order valence-corrected chi connectivity index (χ2v) is 7.32. The lowest BCUT2D eigenvalue weighted by Crippen LogP contribution is -2.43. The summed E-state index contributed by atoms with van der Waals surface area (Å²) in [6.07, 6.45) is 0.792. The fraction of sp³-hybridized carbons (Fsp3) is 0.300. The van der Waals surface area contributed by atoms with E-state index in [-0.39, 0.29) is 24.4 Å². The normalized spacial score (nSPS) is 16.0. The molecular formula is C20H21Cl2N3O3. The highest BCUT2D eigenvalue weighted by molar-refractivity contribution is 6.33. The highest BCUT2D eigenvalue weighted by Gasteiger charge is 2.26. The quantitative estimate of drug-likeness (QED) is 0.751. The van der Waals surface area contributed by atoms with Crippen molar-refractivity contribution < 1.29 is 14.3 Å². The van der Waals surface area contributed by atoms with E-state index in [1.807, 2.05) is 12.1 Å². The van der Waals surface area contributed by atoms with Gasteiger partial charge in [-0.25, -0.2) is 0 Å². The fourth-order valence-electron chi connectivity index (χ4n) is 3.19. The third-order valence-corrected chi connectivity index (χ3v) is 5.13. The molecule has 2 amide bonds. The number of halogens is 2. The van der Waals surface area contributed by atoms with Crippen molar-refractivity contribution in [3.05, 3.63) is 58.1 Å². The molecule has 2 N–H and O–H groups in total. The van der Waals surface area contributed by atoms with Gasteiger partial charge in [-0.05, 0) is 36.8 Å². The summed E-state index contributed by atoms with van der Waals surface area (Å²) in [5.74, 6) is 0.117. The Balaban J connectivity index is 1.52. The summed E-state index contributed by atoms with van der Waals surface area (Å²) in [6.45, 7) is 1.30. The Morgan fingerprint density at radius 2 is 2.00 bits per heavy atom. The summed E-state index contributed by atoms with van der Waals surface area (Å²) in [7, 11) is 1.61. The Hall–Kier alpha value is -2.44. The van der Waals surface area contributed by atoms with Crippen LogP contribution >= 0.6 is 23.2 Å². The lowest BCUT2D eigenvalue weighted by molar-refractivity contribution is -0.120. The molecule has 0 spiro atoms. The van der Waals surface area contributed by atoms with E-state index in [2.05, 4.69) is 15.5 Å². The molecule has 6 nitrogen and oxygen atoms in total. The number of rotatable bonds is 6. The van der Waals surface area contributed by atoms with Gasteiger partial charge in [-0.15, -0.1) is 0 Å². The lowest BCUT2D eigenvalue weighted by Gasteiger charge is -2.21. The third-order valence-electron chi connectivity index (χ3n) is 4.56. The van der Waals surface area contributed by atoms with Crippen LogP contribution in [0.5, 0.6) is 5.75 Å². The van der Waals surface area contributed by atoms with Gasteiger partial charge in [-0.1, -0.05) is 35.3 Å². The molecular weight excluding hydrogens is 401 g/mol. The van der Waals surface area contributed by atoms with Crippen LogP contribution in [0.25, 0.3) is 0 Å². The van der Waals surface area contributed by atoms with Gasteiger partial charge in [0.05, 0.1) is 29.9 Å². The van der Waals surface area contributed by atoms with Crippen LogP contribution in [0.2, 0.25) is 10.0 Å². The van der Waals surface area contributed by atoms with Gasteiger partial charge in [0.2, 0.25) is 5.91 Å². The molecule has 2 aromatic rings. The van der Waals surface area contributed by atoms with E-state index in [1.54, 1.807) is 37.4 Å². The number of carbonyl (C=O) groups excluding carboxylic acids is 2. The average molecular weight is 422 g/mol. The second kappa shape index (κ2) is 9.17. The fourth-order valence-corrected chi connectivity index (χ4v) is 3.57. The van der Waals surface area contributed by atoms with E-state index >= 15 is 0 Å². The van der Waals surface area contributed by atoms with Crippen molar-refractivity contribution in [2.75, 3.05) is 31.6 Å². The zero-order valence-electron chi connectivity index (χ0n) is 15.4. The number of methoxy groups -OCH3 is 1. The van der Waals surface area contributed by atoms with Crippen molar-refractivity contribution in [1.29, 1.82) is 0 Å². The molecule has 1 heterocycles. The van der Waals surface area contributed by atoms with Gasteiger partial charge in [-0.2, -0.15) is 0 Å². The Bertz CT molecular complexity index is 876. The number of hydrogen-bond donors (Lipinski definition) is 2. The number of ether oxygens (including phenoxy) is 1. The first kappa shape index (κ1) is 20.3. The highest BCUT2D eigenvalue weighted by atomic mass is 35.5. The van der Waals surface area contributed by atoms with Crippen molar-refractivity contribution in [3.63, 3.8) is 0 Å². The minimum Gasteiger partial charge on any atom is -0.495 e. The molecule has 1 aliphatic rings. The zero-order chi connectivity index (χ0) is 20.1. The van der Waals surface area contributed by atoms with Gasteiger partial charge in [0.1, 0.15) is 5.75 Å². The second-order valence-electron chi connectivity index (χ2n) is 6.48. The molecule has 0 aliphatic carbocycles. The Morgan fingerprint density at radius 3 is 2.75 bits per heavy atom. The summed E-state index contributed by atoms with van der Waals surface area (Å²) in [5, 5.41) is 6.53. The molecule has 2 aromatic carbocycles.